The molecule has 0 bridgehead atoms. The summed E-state index contributed by atoms with van der Waals surface area (Å²) < 4.78 is 36.8. The molecule has 0 unspecified atom stereocenters. The van der Waals surface area contributed by atoms with E-state index in [4.69, 9.17) is 0 Å². The Bertz CT molecular complexity index is 69.1. The zero-order valence-electron chi connectivity index (χ0n) is 4.87. The van der Waals surface area contributed by atoms with Crippen molar-refractivity contribution in [1.82, 2.24) is 0 Å². The summed E-state index contributed by atoms with van der Waals surface area (Å²) in [5.41, 5.74) is 0. The van der Waals surface area contributed by atoms with Crippen LogP contribution in [0.15, 0.2) is 0 Å². The number of hydrogen-bond acceptors (Lipinski definition) is 1. The Labute approximate surface area is 51.8 Å². The summed E-state index contributed by atoms with van der Waals surface area (Å²) in [5.74, 6) is 0. The summed E-state index contributed by atoms with van der Waals surface area (Å²) in [4.78, 5) is 0. The van der Waals surface area contributed by atoms with Crippen molar-refractivity contribution in [2.75, 3.05) is 6.61 Å². The van der Waals surface area contributed by atoms with Gasteiger partial charge in [-0.25, -0.2) is 0 Å². The molecule has 0 heterocycles. The molecular formula is C5H8F3O. The second kappa shape index (κ2) is 3.71. The van der Waals surface area contributed by atoms with Gasteiger partial charge >= 0.3 is 6.36 Å². The van der Waals surface area contributed by atoms with Crippen LogP contribution in [0, 0.1) is 6.92 Å². The van der Waals surface area contributed by atoms with Gasteiger partial charge in [0.05, 0.1) is 6.61 Å². The van der Waals surface area contributed by atoms with Gasteiger partial charge in [0, 0.05) is 0 Å². The van der Waals surface area contributed by atoms with Crippen molar-refractivity contribution in [3.8, 4) is 0 Å². The molecule has 55 valence electrons. The molecule has 0 aromatic rings. The molecule has 0 aromatic heterocycles. The minimum absolute atomic E-state index is 0.285. The molecular weight excluding hydrogens is 133 g/mol. The molecule has 0 aliphatic rings. The minimum Gasteiger partial charge on any atom is -0.292 e. The average molecular weight is 141 g/mol. The molecule has 0 atom stereocenters. The van der Waals surface area contributed by atoms with Gasteiger partial charge in [-0.3, -0.25) is 4.74 Å². The summed E-state index contributed by atoms with van der Waals surface area (Å²) in [6.45, 7) is 3.07. The lowest BCUT2D eigenvalue weighted by Gasteiger charge is -2.04. The van der Waals surface area contributed by atoms with Crippen LogP contribution in [0.3, 0.4) is 0 Å². The standard InChI is InChI=1S/C5H8F3O/c1-2-3-4-9-5(6,7)8/h1-4H2. The maximum atomic E-state index is 11.1. The minimum atomic E-state index is -4.48. The first-order valence-electron chi connectivity index (χ1n) is 2.56. The van der Waals surface area contributed by atoms with Crippen molar-refractivity contribution in [1.29, 1.82) is 0 Å². The molecule has 1 nitrogen and oxygen atoms in total. The van der Waals surface area contributed by atoms with E-state index < -0.39 is 6.36 Å². The highest BCUT2D eigenvalue weighted by Crippen LogP contribution is 2.16. The van der Waals surface area contributed by atoms with Crippen LogP contribution in [-0.2, 0) is 4.74 Å². The first kappa shape index (κ1) is 8.75. The third kappa shape index (κ3) is 7.75. The molecule has 0 aliphatic heterocycles. The third-order valence-corrected chi connectivity index (χ3v) is 0.660. The fraction of sp³-hybridized carbons (Fsp3) is 0.800. The molecule has 0 N–H and O–H groups in total. The van der Waals surface area contributed by atoms with Gasteiger partial charge in [0.25, 0.3) is 0 Å². The number of ether oxygens (including phenoxy) is 1. The largest absolute Gasteiger partial charge is 0.522 e. The first-order chi connectivity index (χ1) is 4.06. The van der Waals surface area contributed by atoms with E-state index in [0.717, 1.165) is 0 Å². The first-order valence-corrected chi connectivity index (χ1v) is 2.56. The molecule has 0 saturated heterocycles. The van der Waals surface area contributed by atoms with Gasteiger partial charge in [-0.15, -0.1) is 13.2 Å². The monoisotopic (exact) mass is 141 g/mol. The molecule has 0 rings (SSSR count). The second-order valence-electron chi connectivity index (χ2n) is 1.50. The highest BCUT2D eigenvalue weighted by Gasteiger charge is 2.28. The van der Waals surface area contributed by atoms with Gasteiger partial charge < -0.3 is 0 Å². The van der Waals surface area contributed by atoms with E-state index in [9.17, 15) is 13.2 Å². The number of hydrogen-bond donors (Lipinski definition) is 0. The predicted octanol–water partition coefficient (Wildman–Crippen LogP) is 2.14. The summed E-state index contributed by atoms with van der Waals surface area (Å²) in [5, 5.41) is 0. The molecule has 0 spiro atoms. The van der Waals surface area contributed by atoms with Gasteiger partial charge in [-0.05, 0) is 6.42 Å². The van der Waals surface area contributed by atoms with E-state index in [1.54, 1.807) is 0 Å². The lowest BCUT2D eigenvalue weighted by molar-refractivity contribution is -0.324. The maximum absolute atomic E-state index is 11.1. The molecule has 0 fully saturated rings. The van der Waals surface area contributed by atoms with Gasteiger partial charge in [-0.2, -0.15) is 0 Å². The highest BCUT2D eigenvalue weighted by atomic mass is 19.4. The fourth-order valence-electron chi connectivity index (χ4n) is 0.290. The van der Waals surface area contributed by atoms with E-state index >= 15 is 0 Å². The number of unbranched alkanes of at least 4 members (excludes halogenated alkanes) is 1. The lowest BCUT2D eigenvalue weighted by atomic mass is 10.4. The molecule has 0 saturated carbocycles. The van der Waals surface area contributed by atoms with E-state index in [2.05, 4.69) is 11.7 Å². The zero-order valence-corrected chi connectivity index (χ0v) is 4.87. The number of rotatable bonds is 3. The SMILES string of the molecule is [CH2]CCCOC(F)(F)F. The summed E-state index contributed by atoms with van der Waals surface area (Å²) in [6.07, 6.45) is -3.66. The topological polar surface area (TPSA) is 9.23 Å². The summed E-state index contributed by atoms with van der Waals surface area (Å²) >= 11 is 0. The van der Waals surface area contributed by atoms with Crippen LogP contribution >= 0.6 is 0 Å². The van der Waals surface area contributed by atoms with Gasteiger partial charge in [0.15, 0.2) is 0 Å². The van der Waals surface area contributed by atoms with Crippen LogP contribution < -0.4 is 0 Å². The van der Waals surface area contributed by atoms with Crippen LogP contribution in [0.2, 0.25) is 0 Å². The van der Waals surface area contributed by atoms with Crippen LogP contribution in [0.1, 0.15) is 12.8 Å². The van der Waals surface area contributed by atoms with Crippen molar-refractivity contribution < 1.29 is 17.9 Å². The Balaban J connectivity index is 3.07. The number of halogens is 3. The van der Waals surface area contributed by atoms with Gasteiger partial charge in [-0.1, -0.05) is 13.3 Å². The summed E-state index contributed by atoms with van der Waals surface area (Å²) in [6, 6.07) is 0. The van der Waals surface area contributed by atoms with Crippen LogP contribution in [0.5, 0.6) is 0 Å². The molecule has 0 aromatic carbocycles. The third-order valence-electron chi connectivity index (χ3n) is 0.660. The number of alkyl halides is 3. The van der Waals surface area contributed by atoms with Crippen molar-refractivity contribution in [2.45, 2.75) is 19.2 Å². The van der Waals surface area contributed by atoms with E-state index in [0.29, 0.717) is 12.8 Å². The predicted molar refractivity (Wildman–Crippen MR) is 26.6 cm³/mol. The smallest absolute Gasteiger partial charge is 0.292 e. The van der Waals surface area contributed by atoms with Crippen LogP contribution in [0.25, 0.3) is 0 Å². The Hall–Kier alpha value is -0.250. The molecule has 1 radical (unpaired) electrons. The van der Waals surface area contributed by atoms with Gasteiger partial charge in [0.2, 0.25) is 0 Å². The fourth-order valence-corrected chi connectivity index (χ4v) is 0.290. The van der Waals surface area contributed by atoms with Gasteiger partial charge in [0.1, 0.15) is 0 Å². The van der Waals surface area contributed by atoms with Crippen molar-refractivity contribution in [3.05, 3.63) is 6.92 Å². The Kier molecular flexibility index (Phi) is 3.61. The van der Waals surface area contributed by atoms with Crippen LogP contribution in [0.4, 0.5) is 13.2 Å². The summed E-state index contributed by atoms with van der Waals surface area (Å²) in [7, 11) is 0. The Morgan fingerprint density at radius 3 is 2.22 bits per heavy atom. The van der Waals surface area contributed by atoms with Crippen molar-refractivity contribution in [3.63, 3.8) is 0 Å². The molecule has 4 heteroatoms. The van der Waals surface area contributed by atoms with E-state index in [-0.39, 0.29) is 6.61 Å². The lowest BCUT2D eigenvalue weighted by Crippen LogP contribution is -2.13. The normalized spacial score (nSPS) is 12.0. The molecule has 0 aliphatic carbocycles. The van der Waals surface area contributed by atoms with E-state index in [1.165, 1.54) is 0 Å². The maximum Gasteiger partial charge on any atom is 0.522 e. The molecule has 0 amide bonds. The van der Waals surface area contributed by atoms with Crippen LogP contribution in [-0.4, -0.2) is 13.0 Å². The van der Waals surface area contributed by atoms with Crippen molar-refractivity contribution >= 4 is 0 Å². The van der Waals surface area contributed by atoms with Crippen molar-refractivity contribution in [2.24, 2.45) is 0 Å². The molecule has 9 heavy (non-hydrogen) atoms. The zero-order chi connectivity index (χ0) is 7.33. The quantitative estimate of drug-likeness (QED) is 0.547. The van der Waals surface area contributed by atoms with E-state index in [1.807, 2.05) is 0 Å². The average Bonchev–Trinajstić information content (AvgIpc) is 1.63. The Morgan fingerprint density at radius 1 is 1.33 bits per heavy atom. The Morgan fingerprint density at radius 2 is 1.89 bits per heavy atom. The second-order valence-corrected chi connectivity index (χ2v) is 1.50. The highest BCUT2D eigenvalue weighted by molar-refractivity contribution is 4.39.